The minimum Gasteiger partial charge on any atom is -0.368 e. The van der Waals surface area contributed by atoms with Gasteiger partial charge in [-0.25, -0.2) is 23.1 Å². The summed E-state index contributed by atoms with van der Waals surface area (Å²) in [5, 5.41) is 0. The smallest absolute Gasteiger partial charge is 0.225 e. The second-order valence-electron chi connectivity index (χ2n) is 8.21. The van der Waals surface area contributed by atoms with Crippen LogP contribution in [0.1, 0.15) is 34.0 Å². The second-order valence-corrected chi connectivity index (χ2v) is 8.21. The van der Waals surface area contributed by atoms with E-state index in [-0.39, 0.29) is 23.9 Å². The summed E-state index contributed by atoms with van der Waals surface area (Å²) < 4.78 is 40.5. The Hall–Kier alpha value is -3.42. The van der Waals surface area contributed by atoms with Gasteiger partial charge in [0.1, 0.15) is 17.5 Å². The number of aromatic nitrogens is 2. The normalized spacial score (nSPS) is 18.6. The van der Waals surface area contributed by atoms with Crippen molar-refractivity contribution in [2.24, 2.45) is 0 Å². The molecule has 8 heteroatoms. The molecule has 2 aliphatic rings. The molecule has 0 unspecified atom stereocenters. The van der Waals surface area contributed by atoms with Gasteiger partial charge in [0.05, 0.1) is 11.3 Å². The number of rotatable bonds is 3. The summed E-state index contributed by atoms with van der Waals surface area (Å²) in [5.74, 6) is -1.46. The average molecular weight is 438 g/mol. The second kappa shape index (κ2) is 8.26. The Labute approximate surface area is 183 Å². The number of benzene rings is 2. The highest BCUT2D eigenvalue weighted by molar-refractivity contribution is 5.98. The molecule has 5 nitrogen and oxygen atoms in total. The number of piperazine rings is 1. The molecule has 3 aromatic rings. The van der Waals surface area contributed by atoms with Crippen molar-refractivity contribution in [3.8, 4) is 0 Å². The molecular weight excluding hydrogens is 417 g/mol. The molecule has 1 atom stereocenters. The lowest BCUT2D eigenvalue weighted by Crippen LogP contribution is -2.47. The first-order valence-corrected chi connectivity index (χ1v) is 10.6. The van der Waals surface area contributed by atoms with E-state index in [0.717, 1.165) is 24.8 Å². The maximum atomic E-state index is 13.7. The Morgan fingerprint density at radius 3 is 2.16 bits per heavy atom. The number of hydrogen-bond acceptors (Lipinski definition) is 5. The predicted molar refractivity (Wildman–Crippen MR) is 115 cm³/mol. The fourth-order valence-corrected chi connectivity index (χ4v) is 4.45. The highest BCUT2D eigenvalue weighted by Gasteiger charge is 2.30. The molecule has 0 radical (unpaired) electrons. The molecular formula is C24H21F3N4O. The Morgan fingerprint density at radius 2 is 1.47 bits per heavy atom. The number of hydrogen-bond donors (Lipinski definition) is 0. The van der Waals surface area contributed by atoms with Crippen molar-refractivity contribution < 1.29 is 18.0 Å². The number of ketones is 1. The van der Waals surface area contributed by atoms with Crippen LogP contribution >= 0.6 is 0 Å². The summed E-state index contributed by atoms with van der Waals surface area (Å²) in [7, 11) is 0. The summed E-state index contributed by atoms with van der Waals surface area (Å²) in [5.41, 5.74) is 2.52. The number of halogens is 3. The largest absolute Gasteiger partial charge is 0.368 e. The average Bonchev–Trinajstić information content (AvgIpc) is 2.79. The highest BCUT2D eigenvalue weighted by atomic mass is 19.1. The first-order valence-electron chi connectivity index (χ1n) is 10.6. The van der Waals surface area contributed by atoms with Crippen LogP contribution in [0.2, 0.25) is 0 Å². The van der Waals surface area contributed by atoms with Crippen LogP contribution in [-0.4, -0.2) is 41.9 Å². The molecule has 0 spiro atoms. The van der Waals surface area contributed by atoms with E-state index in [2.05, 4.69) is 19.8 Å². The van der Waals surface area contributed by atoms with E-state index in [0.29, 0.717) is 42.3 Å². The summed E-state index contributed by atoms with van der Waals surface area (Å²) in [6.45, 7) is 2.83. The number of carbonyl (C=O) groups is 1. The van der Waals surface area contributed by atoms with Crippen LogP contribution in [0, 0.1) is 17.5 Å². The van der Waals surface area contributed by atoms with Crippen LogP contribution in [0.5, 0.6) is 0 Å². The zero-order valence-electron chi connectivity index (χ0n) is 17.3. The van der Waals surface area contributed by atoms with E-state index in [4.69, 9.17) is 0 Å². The molecule has 0 bridgehead atoms. The standard InChI is InChI=1S/C24H21F3N4O/c25-17-1-3-20(4-2-17)30-5-7-31(8-6-30)24-28-14-21-22(29-24)11-16(12-23(21)32)15-9-18(26)13-19(27)10-15/h1-4,9-10,13-14,16H,5-8,11-12H2/t16-/m1/s1. The van der Waals surface area contributed by atoms with Gasteiger partial charge in [-0.15, -0.1) is 0 Å². The van der Waals surface area contributed by atoms with E-state index < -0.39 is 11.6 Å². The third kappa shape index (κ3) is 4.04. The zero-order chi connectivity index (χ0) is 22.2. The van der Waals surface area contributed by atoms with E-state index in [1.54, 1.807) is 18.3 Å². The molecule has 1 aromatic heterocycles. The fraction of sp³-hybridized carbons (Fsp3) is 0.292. The quantitative estimate of drug-likeness (QED) is 0.616. The maximum absolute atomic E-state index is 13.7. The van der Waals surface area contributed by atoms with Crippen molar-refractivity contribution in [1.29, 1.82) is 0 Å². The van der Waals surface area contributed by atoms with E-state index in [1.165, 1.54) is 24.3 Å². The van der Waals surface area contributed by atoms with Crippen LogP contribution in [0.3, 0.4) is 0 Å². The summed E-state index contributed by atoms with van der Waals surface area (Å²) in [6.07, 6.45) is 2.17. The van der Waals surface area contributed by atoms with Gasteiger partial charge in [0.25, 0.3) is 0 Å². The molecule has 1 fully saturated rings. The molecule has 164 valence electrons. The zero-order valence-corrected chi connectivity index (χ0v) is 17.3. The van der Waals surface area contributed by atoms with E-state index in [9.17, 15) is 18.0 Å². The topological polar surface area (TPSA) is 49.3 Å². The highest BCUT2D eigenvalue weighted by Crippen LogP contribution is 2.33. The van der Waals surface area contributed by atoms with E-state index >= 15 is 0 Å². The molecule has 1 aliphatic heterocycles. The number of carbonyl (C=O) groups excluding carboxylic acids is 1. The molecule has 2 aromatic carbocycles. The minimum absolute atomic E-state index is 0.117. The van der Waals surface area contributed by atoms with Crippen LogP contribution in [0.15, 0.2) is 48.7 Å². The van der Waals surface area contributed by atoms with Gasteiger partial charge < -0.3 is 9.80 Å². The molecule has 1 aliphatic carbocycles. The Bertz CT molecular complexity index is 1140. The van der Waals surface area contributed by atoms with Crippen LogP contribution in [0.25, 0.3) is 0 Å². The van der Waals surface area contributed by atoms with Gasteiger partial charge in [-0.05, 0) is 54.3 Å². The maximum Gasteiger partial charge on any atom is 0.225 e. The summed E-state index contributed by atoms with van der Waals surface area (Å²) in [6, 6.07) is 9.82. The van der Waals surface area contributed by atoms with E-state index in [1.807, 2.05) is 0 Å². The summed E-state index contributed by atoms with van der Waals surface area (Å²) >= 11 is 0. The lowest BCUT2D eigenvalue weighted by atomic mass is 9.82. The van der Waals surface area contributed by atoms with Crippen molar-refractivity contribution in [1.82, 2.24) is 9.97 Å². The molecule has 0 amide bonds. The third-order valence-corrected chi connectivity index (χ3v) is 6.14. The monoisotopic (exact) mass is 438 g/mol. The lowest BCUT2D eigenvalue weighted by Gasteiger charge is -2.36. The van der Waals surface area contributed by atoms with Gasteiger partial charge in [0, 0.05) is 50.6 Å². The molecule has 0 N–H and O–H groups in total. The lowest BCUT2D eigenvalue weighted by molar-refractivity contribution is 0.0962. The molecule has 2 heterocycles. The van der Waals surface area contributed by atoms with Crippen molar-refractivity contribution in [2.45, 2.75) is 18.8 Å². The Morgan fingerprint density at radius 1 is 0.812 bits per heavy atom. The number of Topliss-reactive ketones (excluding diaryl/α,β-unsaturated/α-hetero) is 1. The third-order valence-electron chi connectivity index (χ3n) is 6.14. The SMILES string of the molecule is O=C1C[C@H](c2cc(F)cc(F)c2)Cc2nc(N3CCN(c4ccc(F)cc4)CC3)ncc21. The number of nitrogens with zero attached hydrogens (tertiary/aromatic N) is 4. The first-order chi connectivity index (χ1) is 15.5. The molecule has 0 saturated carbocycles. The van der Waals surface area contributed by atoms with Crippen LogP contribution < -0.4 is 9.80 Å². The molecule has 5 rings (SSSR count). The van der Waals surface area contributed by atoms with Gasteiger partial charge in [-0.3, -0.25) is 4.79 Å². The van der Waals surface area contributed by atoms with Crippen LogP contribution in [-0.2, 0) is 6.42 Å². The van der Waals surface area contributed by atoms with Crippen molar-refractivity contribution >= 4 is 17.4 Å². The van der Waals surface area contributed by atoms with Crippen molar-refractivity contribution in [3.63, 3.8) is 0 Å². The van der Waals surface area contributed by atoms with Gasteiger partial charge >= 0.3 is 0 Å². The van der Waals surface area contributed by atoms with Crippen LogP contribution in [0.4, 0.5) is 24.8 Å². The van der Waals surface area contributed by atoms with Gasteiger partial charge in [0.2, 0.25) is 5.95 Å². The number of anilines is 2. The Balaban J connectivity index is 1.33. The van der Waals surface area contributed by atoms with Crippen molar-refractivity contribution in [3.05, 3.63) is 82.9 Å². The number of fused-ring (bicyclic) bond motifs is 1. The predicted octanol–water partition coefficient (Wildman–Crippen LogP) is 4.13. The Kier molecular flexibility index (Phi) is 5.28. The van der Waals surface area contributed by atoms with Gasteiger partial charge in [-0.2, -0.15) is 0 Å². The molecule has 32 heavy (non-hydrogen) atoms. The van der Waals surface area contributed by atoms with Crippen molar-refractivity contribution in [2.75, 3.05) is 36.0 Å². The first kappa shape index (κ1) is 20.5. The molecule has 1 saturated heterocycles. The van der Waals surface area contributed by atoms with Gasteiger partial charge in [0.15, 0.2) is 5.78 Å². The fourth-order valence-electron chi connectivity index (χ4n) is 4.45. The van der Waals surface area contributed by atoms with Gasteiger partial charge in [-0.1, -0.05) is 0 Å². The minimum atomic E-state index is -0.652. The summed E-state index contributed by atoms with van der Waals surface area (Å²) in [4.78, 5) is 25.9.